The highest BCUT2D eigenvalue weighted by molar-refractivity contribution is 6.26. The van der Waals surface area contributed by atoms with Crippen LogP contribution in [0.1, 0.15) is 63.1 Å². The van der Waals surface area contributed by atoms with E-state index in [1.807, 2.05) is 48.5 Å². The van der Waals surface area contributed by atoms with Crippen molar-refractivity contribution in [2.24, 2.45) is 0 Å². The molecule has 1 atom stereocenters. The molecule has 0 N–H and O–H groups in total. The molecule has 0 aliphatic carbocycles. The van der Waals surface area contributed by atoms with Gasteiger partial charge in [-0.3, -0.25) is 0 Å². The fraction of sp³-hybridized carbons (Fsp3) is 0.273. The first-order valence-corrected chi connectivity index (χ1v) is 12.9. The highest BCUT2D eigenvalue weighted by Gasteiger charge is 2.36. The van der Waals surface area contributed by atoms with Crippen molar-refractivity contribution in [2.75, 3.05) is 0 Å². The number of halogens is 4. The third-order valence-corrected chi connectivity index (χ3v) is 8.34. The van der Waals surface area contributed by atoms with Gasteiger partial charge in [0.15, 0.2) is 23.3 Å². The number of rotatable bonds is 6. The zero-order valence-electron chi connectivity index (χ0n) is 21.6. The maximum absolute atomic E-state index is 15.5. The molecule has 0 saturated heterocycles. The standard InChI is InChI=1S/C33H30F4/c1-5-33(4,6-2)28-31(36)29(34)26(30(35)32(28)37)19(3)18-20-12-11-17-25-23-14-8-7-13-21(23)22-15-9-10-16-24(22)27(20)25/h7-17,19H,5-6,18H2,1-4H3. The summed E-state index contributed by atoms with van der Waals surface area (Å²) in [5.74, 6) is -5.92. The highest BCUT2D eigenvalue weighted by atomic mass is 19.2. The Hall–Kier alpha value is -3.40. The van der Waals surface area contributed by atoms with E-state index in [1.165, 1.54) is 0 Å². The van der Waals surface area contributed by atoms with E-state index < -0.39 is 45.7 Å². The van der Waals surface area contributed by atoms with E-state index >= 15 is 17.6 Å². The summed E-state index contributed by atoms with van der Waals surface area (Å²) in [6.07, 6.45) is 0.953. The van der Waals surface area contributed by atoms with Crippen molar-refractivity contribution in [1.82, 2.24) is 0 Å². The number of hydrogen-bond donors (Lipinski definition) is 0. The molecule has 0 heterocycles. The van der Waals surface area contributed by atoms with Crippen LogP contribution in [-0.2, 0) is 11.8 Å². The molecule has 0 radical (unpaired) electrons. The van der Waals surface area contributed by atoms with Crippen molar-refractivity contribution in [3.63, 3.8) is 0 Å². The first-order valence-electron chi connectivity index (χ1n) is 12.9. The first-order chi connectivity index (χ1) is 17.7. The summed E-state index contributed by atoms with van der Waals surface area (Å²) >= 11 is 0. The van der Waals surface area contributed by atoms with E-state index in [-0.39, 0.29) is 6.42 Å². The van der Waals surface area contributed by atoms with Gasteiger partial charge in [-0.1, -0.05) is 94.4 Å². The van der Waals surface area contributed by atoms with Crippen LogP contribution in [0.3, 0.4) is 0 Å². The average molecular weight is 503 g/mol. The largest absolute Gasteiger partial charge is 0.203 e. The lowest BCUT2D eigenvalue weighted by Gasteiger charge is -2.29. The maximum atomic E-state index is 15.5. The van der Waals surface area contributed by atoms with Crippen molar-refractivity contribution in [3.05, 3.63) is 107 Å². The van der Waals surface area contributed by atoms with E-state index in [9.17, 15) is 0 Å². The molecule has 0 amide bonds. The van der Waals surface area contributed by atoms with Gasteiger partial charge in [0.2, 0.25) is 0 Å². The van der Waals surface area contributed by atoms with Gasteiger partial charge in [0.05, 0.1) is 0 Å². The predicted molar refractivity (Wildman–Crippen MR) is 145 cm³/mol. The second-order valence-corrected chi connectivity index (χ2v) is 10.3. The van der Waals surface area contributed by atoms with Gasteiger partial charge in [-0.25, -0.2) is 17.6 Å². The van der Waals surface area contributed by atoms with Gasteiger partial charge < -0.3 is 0 Å². The minimum atomic E-state index is -1.29. The second-order valence-electron chi connectivity index (χ2n) is 10.3. The number of fused-ring (bicyclic) bond motifs is 6. The summed E-state index contributed by atoms with van der Waals surface area (Å²) in [6, 6.07) is 22.1. The third kappa shape index (κ3) is 3.89. The Kier molecular flexibility index (Phi) is 6.47. The smallest absolute Gasteiger partial charge is 0.166 e. The molecule has 0 aromatic heterocycles. The minimum absolute atomic E-state index is 0.227. The molecule has 0 fully saturated rings. The third-order valence-electron chi connectivity index (χ3n) is 8.34. The zero-order valence-corrected chi connectivity index (χ0v) is 21.6. The van der Waals surface area contributed by atoms with Crippen LogP contribution in [0.25, 0.3) is 32.3 Å². The Bertz CT molecular complexity index is 1570. The molecule has 0 spiro atoms. The maximum Gasteiger partial charge on any atom is 0.166 e. The minimum Gasteiger partial charge on any atom is -0.203 e. The SMILES string of the molecule is CCC(C)(CC)c1c(F)c(F)c(C(C)Cc2cccc3c4ccccc4c4ccccc4c23)c(F)c1F. The molecule has 0 aliphatic heterocycles. The molecule has 0 saturated carbocycles. The Morgan fingerprint density at radius 1 is 0.622 bits per heavy atom. The summed E-state index contributed by atoms with van der Waals surface area (Å²) in [5.41, 5.74) is -1.14. The van der Waals surface area contributed by atoms with Crippen LogP contribution in [0, 0.1) is 23.3 Å². The summed E-state index contributed by atoms with van der Waals surface area (Å²) in [6.45, 7) is 6.80. The highest BCUT2D eigenvalue weighted by Crippen LogP contribution is 2.42. The molecule has 5 rings (SSSR count). The van der Waals surface area contributed by atoms with Gasteiger partial charge in [-0.05, 0) is 68.5 Å². The topological polar surface area (TPSA) is 0 Å². The van der Waals surface area contributed by atoms with E-state index in [4.69, 9.17) is 0 Å². The van der Waals surface area contributed by atoms with Gasteiger partial charge in [0.25, 0.3) is 0 Å². The van der Waals surface area contributed by atoms with Crippen LogP contribution in [0.4, 0.5) is 17.6 Å². The van der Waals surface area contributed by atoms with Crippen LogP contribution in [0.2, 0.25) is 0 Å². The molecule has 0 aliphatic rings. The van der Waals surface area contributed by atoms with Crippen LogP contribution in [0.15, 0.2) is 66.7 Å². The van der Waals surface area contributed by atoms with Crippen LogP contribution >= 0.6 is 0 Å². The van der Waals surface area contributed by atoms with Gasteiger partial charge in [0.1, 0.15) is 0 Å². The molecule has 37 heavy (non-hydrogen) atoms. The second kappa shape index (κ2) is 9.48. The number of benzene rings is 5. The zero-order chi connectivity index (χ0) is 26.5. The quantitative estimate of drug-likeness (QED) is 0.123. The molecule has 1 unspecified atom stereocenters. The molecule has 190 valence electrons. The summed E-state index contributed by atoms with van der Waals surface area (Å²) in [5, 5.41) is 6.36. The molecule has 5 aromatic rings. The Morgan fingerprint density at radius 3 is 1.54 bits per heavy atom. The van der Waals surface area contributed by atoms with E-state index in [2.05, 4.69) is 18.2 Å². The van der Waals surface area contributed by atoms with Crippen LogP contribution in [-0.4, -0.2) is 0 Å². The van der Waals surface area contributed by atoms with Crippen molar-refractivity contribution in [2.45, 2.75) is 58.3 Å². The molecule has 0 nitrogen and oxygen atoms in total. The van der Waals surface area contributed by atoms with Crippen molar-refractivity contribution in [3.8, 4) is 0 Å². The number of hydrogen-bond acceptors (Lipinski definition) is 0. The van der Waals surface area contributed by atoms with E-state index in [0.29, 0.717) is 12.8 Å². The van der Waals surface area contributed by atoms with Gasteiger partial charge >= 0.3 is 0 Å². The lowest BCUT2D eigenvalue weighted by molar-refractivity contribution is 0.351. The fourth-order valence-electron chi connectivity index (χ4n) is 5.85. The van der Waals surface area contributed by atoms with Gasteiger partial charge in [-0.15, -0.1) is 0 Å². The van der Waals surface area contributed by atoms with Crippen molar-refractivity contribution in [1.29, 1.82) is 0 Å². The predicted octanol–water partition coefficient (Wildman–Crippen LogP) is 10.1. The lowest BCUT2D eigenvalue weighted by Crippen LogP contribution is -2.26. The Balaban J connectivity index is 1.70. The average Bonchev–Trinajstić information content (AvgIpc) is 2.92. The van der Waals surface area contributed by atoms with Crippen molar-refractivity contribution >= 4 is 32.3 Å². The Morgan fingerprint density at radius 2 is 1.05 bits per heavy atom. The summed E-state index contributed by atoms with van der Waals surface area (Å²) < 4.78 is 61.6. The van der Waals surface area contributed by atoms with Gasteiger partial charge in [0, 0.05) is 11.1 Å². The molecule has 4 heteroatoms. The molecule has 0 bridgehead atoms. The summed E-state index contributed by atoms with van der Waals surface area (Å²) in [7, 11) is 0. The van der Waals surface area contributed by atoms with Crippen LogP contribution in [0.5, 0.6) is 0 Å². The van der Waals surface area contributed by atoms with Crippen LogP contribution < -0.4 is 0 Å². The normalized spacial score (nSPS) is 13.1. The molecule has 5 aromatic carbocycles. The first kappa shape index (κ1) is 25.3. The monoisotopic (exact) mass is 502 g/mol. The lowest BCUT2D eigenvalue weighted by atomic mass is 9.76. The molecular weight excluding hydrogens is 472 g/mol. The summed E-state index contributed by atoms with van der Waals surface area (Å²) in [4.78, 5) is 0. The Labute approximate surface area is 214 Å². The van der Waals surface area contributed by atoms with E-state index in [1.54, 1.807) is 27.7 Å². The molecular formula is C33H30F4. The van der Waals surface area contributed by atoms with Gasteiger partial charge in [-0.2, -0.15) is 0 Å². The van der Waals surface area contributed by atoms with E-state index in [0.717, 1.165) is 37.9 Å². The fourth-order valence-corrected chi connectivity index (χ4v) is 5.85. The van der Waals surface area contributed by atoms with Crippen molar-refractivity contribution < 1.29 is 17.6 Å².